The molecule has 1 atom stereocenters. The van der Waals surface area contributed by atoms with Crippen LogP contribution in [0, 0.1) is 0 Å². The normalized spacial score (nSPS) is 13.1. The maximum absolute atomic E-state index is 11.8. The van der Waals surface area contributed by atoms with Crippen molar-refractivity contribution < 1.29 is 17.9 Å². The quantitative estimate of drug-likeness (QED) is 0.803. The Balaban J connectivity index is 3.01. The summed E-state index contributed by atoms with van der Waals surface area (Å²) in [6.07, 6.45) is -0.820. The van der Waals surface area contributed by atoms with Gasteiger partial charge in [0.2, 0.25) is 0 Å². The number of nitrogens with one attached hydrogen (secondary N) is 1. The molecule has 0 spiro atoms. The maximum Gasteiger partial charge on any atom is 0.262 e. The van der Waals surface area contributed by atoms with E-state index in [1.807, 2.05) is 13.8 Å². The summed E-state index contributed by atoms with van der Waals surface area (Å²) in [5.74, 6) is -0.233. The molecule has 0 aliphatic carbocycles. The summed E-state index contributed by atoms with van der Waals surface area (Å²) in [4.78, 5) is 11.4. The molecule has 0 fully saturated rings. The maximum atomic E-state index is 11.8. The summed E-state index contributed by atoms with van der Waals surface area (Å²) < 4.78 is 28.0. The van der Waals surface area contributed by atoms with E-state index >= 15 is 0 Å². The van der Waals surface area contributed by atoms with Crippen LogP contribution in [0.2, 0.25) is 10.0 Å². The molecule has 5 nitrogen and oxygen atoms in total. The van der Waals surface area contributed by atoms with Gasteiger partial charge in [-0.2, -0.15) is 0 Å². The van der Waals surface area contributed by atoms with Crippen molar-refractivity contribution in [3.8, 4) is 5.75 Å². The van der Waals surface area contributed by atoms with Gasteiger partial charge in [0, 0.05) is 22.8 Å². The zero-order chi connectivity index (χ0) is 16.4. The molecule has 0 heterocycles. The van der Waals surface area contributed by atoms with E-state index in [1.54, 1.807) is 0 Å². The summed E-state index contributed by atoms with van der Waals surface area (Å²) in [5.41, 5.74) is 0. The zero-order valence-corrected chi connectivity index (χ0v) is 14.6. The van der Waals surface area contributed by atoms with Crippen LogP contribution in [0.25, 0.3) is 0 Å². The molecule has 0 saturated carbocycles. The zero-order valence-electron chi connectivity index (χ0n) is 11.5. The van der Waals surface area contributed by atoms with Crippen LogP contribution in [0.15, 0.2) is 17.0 Å². The highest BCUT2D eigenvalue weighted by Gasteiger charge is 2.21. The highest BCUT2D eigenvalue weighted by Crippen LogP contribution is 2.35. The second-order valence-corrected chi connectivity index (χ2v) is 7.92. The largest absolute Gasteiger partial charge is 0.479 e. The first-order chi connectivity index (χ1) is 9.52. The van der Waals surface area contributed by atoms with Gasteiger partial charge in [-0.1, -0.05) is 23.2 Å². The minimum Gasteiger partial charge on any atom is -0.479 e. The second kappa shape index (κ2) is 7.05. The molecule has 0 bridgehead atoms. The van der Waals surface area contributed by atoms with E-state index in [1.165, 1.54) is 13.0 Å². The lowest BCUT2D eigenvalue weighted by molar-refractivity contribution is -0.127. The average molecular weight is 375 g/mol. The van der Waals surface area contributed by atoms with Crippen molar-refractivity contribution in [2.75, 3.05) is 0 Å². The molecule has 1 amide bonds. The highest BCUT2D eigenvalue weighted by atomic mass is 35.7. The smallest absolute Gasteiger partial charge is 0.262 e. The third-order valence-electron chi connectivity index (χ3n) is 2.35. The Kier molecular flexibility index (Phi) is 6.16. The van der Waals surface area contributed by atoms with Crippen LogP contribution >= 0.6 is 33.9 Å². The fourth-order valence-electron chi connectivity index (χ4n) is 1.43. The Morgan fingerprint density at radius 2 is 1.76 bits per heavy atom. The van der Waals surface area contributed by atoms with Crippen LogP contribution in [-0.4, -0.2) is 26.5 Å². The van der Waals surface area contributed by atoms with Crippen LogP contribution in [0.3, 0.4) is 0 Å². The number of ether oxygens (including phenoxy) is 1. The van der Waals surface area contributed by atoms with Crippen LogP contribution in [0.1, 0.15) is 20.8 Å². The van der Waals surface area contributed by atoms with Crippen LogP contribution < -0.4 is 10.1 Å². The van der Waals surface area contributed by atoms with Crippen molar-refractivity contribution in [2.45, 2.75) is 37.8 Å². The lowest BCUT2D eigenvalue weighted by Gasteiger charge is -2.17. The van der Waals surface area contributed by atoms with E-state index in [2.05, 4.69) is 5.32 Å². The predicted octanol–water partition coefficient (Wildman–Crippen LogP) is 3.21. The predicted molar refractivity (Wildman–Crippen MR) is 82.9 cm³/mol. The second-order valence-electron chi connectivity index (χ2n) is 4.57. The molecule has 0 radical (unpaired) electrons. The van der Waals surface area contributed by atoms with Gasteiger partial charge in [-0.15, -0.1) is 0 Å². The minimum absolute atomic E-state index is 0.0113. The third kappa shape index (κ3) is 5.21. The lowest BCUT2D eigenvalue weighted by Crippen LogP contribution is -2.40. The van der Waals surface area contributed by atoms with E-state index in [0.717, 1.165) is 6.07 Å². The molecule has 21 heavy (non-hydrogen) atoms. The minimum atomic E-state index is -4.01. The van der Waals surface area contributed by atoms with Gasteiger partial charge < -0.3 is 10.1 Å². The molecular weight excluding hydrogens is 361 g/mol. The molecule has 1 unspecified atom stereocenters. The number of carbonyl (C=O) groups is 1. The molecule has 9 heteroatoms. The summed E-state index contributed by atoms with van der Waals surface area (Å²) in [7, 11) is 1.21. The fraction of sp³-hybridized carbons (Fsp3) is 0.417. The van der Waals surface area contributed by atoms with Crippen molar-refractivity contribution in [1.29, 1.82) is 0 Å². The fourth-order valence-corrected chi connectivity index (χ4v) is 3.22. The number of carbonyl (C=O) groups excluding carboxylic acids is 1. The number of halogens is 3. The van der Waals surface area contributed by atoms with Crippen molar-refractivity contribution in [3.05, 3.63) is 22.2 Å². The Morgan fingerprint density at radius 1 is 1.19 bits per heavy atom. The molecule has 1 rings (SSSR count). The van der Waals surface area contributed by atoms with Gasteiger partial charge in [0.1, 0.15) is 10.6 Å². The Bertz CT molecular complexity index is 646. The molecular formula is C12H14Cl3NO4S. The summed E-state index contributed by atoms with van der Waals surface area (Å²) >= 11 is 11.8. The standard InChI is InChI=1S/C12H14Cl3NO4S/c1-6(2)16-12(17)7(3)20-10-4-9(14)11(5-8(10)13)21(15,18)19/h4-7H,1-3H3,(H,16,17). The van der Waals surface area contributed by atoms with Crippen molar-refractivity contribution in [2.24, 2.45) is 0 Å². The van der Waals surface area contributed by atoms with Gasteiger partial charge >= 0.3 is 0 Å². The van der Waals surface area contributed by atoms with E-state index < -0.39 is 15.2 Å². The van der Waals surface area contributed by atoms with Crippen molar-refractivity contribution in [1.82, 2.24) is 5.32 Å². The van der Waals surface area contributed by atoms with Crippen molar-refractivity contribution in [3.63, 3.8) is 0 Å². The topological polar surface area (TPSA) is 72.5 Å². The summed E-state index contributed by atoms with van der Waals surface area (Å²) in [5, 5.41) is 2.53. The third-order valence-corrected chi connectivity index (χ3v) is 4.43. The lowest BCUT2D eigenvalue weighted by atomic mass is 10.3. The van der Waals surface area contributed by atoms with E-state index in [-0.39, 0.29) is 32.6 Å². The monoisotopic (exact) mass is 373 g/mol. The first-order valence-electron chi connectivity index (χ1n) is 5.93. The average Bonchev–Trinajstić information content (AvgIpc) is 2.30. The van der Waals surface area contributed by atoms with Gasteiger partial charge in [-0.25, -0.2) is 8.42 Å². The molecule has 0 aromatic heterocycles. The molecule has 1 aromatic rings. The molecule has 1 aromatic carbocycles. The molecule has 0 aliphatic rings. The number of benzene rings is 1. The van der Waals surface area contributed by atoms with E-state index in [4.69, 9.17) is 38.6 Å². The summed E-state index contributed by atoms with van der Waals surface area (Å²) in [6.45, 7) is 5.16. The van der Waals surface area contributed by atoms with Crippen LogP contribution in [0.4, 0.5) is 0 Å². The molecule has 0 aliphatic heterocycles. The van der Waals surface area contributed by atoms with Gasteiger partial charge in [-0.3, -0.25) is 4.79 Å². The van der Waals surface area contributed by atoms with Gasteiger partial charge in [0.05, 0.1) is 10.0 Å². The molecule has 1 N–H and O–H groups in total. The summed E-state index contributed by atoms with van der Waals surface area (Å²) in [6, 6.07) is 2.25. The van der Waals surface area contributed by atoms with E-state index in [0.29, 0.717) is 0 Å². The molecule has 118 valence electrons. The highest BCUT2D eigenvalue weighted by molar-refractivity contribution is 8.13. The number of hydrogen-bond acceptors (Lipinski definition) is 4. The first kappa shape index (κ1) is 18.4. The Hall–Kier alpha value is -0.690. The SMILES string of the molecule is CC(C)NC(=O)C(C)Oc1cc(Cl)c(S(=O)(=O)Cl)cc1Cl. The Labute approximate surface area is 137 Å². The molecule has 0 saturated heterocycles. The van der Waals surface area contributed by atoms with Crippen LogP contribution in [0.5, 0.6) is 5.75 Å². The van der Waals surface area contributed by atoms with E-state index in [9.17, 15) is 13.2 Å². The Morgan fingerprint density at radius 3 is 2.24 bits per heavy atom. The van der Waals surface area contributed by atoms with Crippen molar-refractivity contribution >= 4 is 48.8 Å². The number of rotatable bonds is 5. The van der Waals surface area contributed by atoms with Gasteiger partial charge in [0.25, 0.3) is 15.0 Å². The first-order valence-corrected chi connectivity index (χ1v) is 8.99. The van der Waals surface area contributed by atoms with Gasteiger partial charge in [-0.05, 0) is 26.8 Å². The van der Waals surface area contributed by atoms with Gasteiger partial charge in [0.15, 0.2) is 6.10 Å². The number of hydrogen-bond donors (Lipinski definition) is 1. The number of amides is 1. The van der Waals surface area contributed by atoms with Crippen LogP contribution in [-0.2, 0) is 13.8 Å².